The first-order valence-corrected chi connectivity index (χ1v) is 11.3. The molecule has 14 heteroatoms. The highest BCUT2D eigenvalue weighted by molar-refractivity contribution is 5.89. The van der Waals surface area contributed by atoms with Gasteiger partial charge in [0, 0.05) is 0 Å². The molecule has 14 nitrogen and oxygen atoms in total. The summed E-state index contributed by atoms with van der Waals surface area (Å²) in [6.07, 6.45) is -1.12. The number of hydrogen-bond donors (Lipinski definition) is 0. The summed E-state index contributed by atoms with van der Waals surface area (Å²) in [5, 5.41) is 8.11. The lowest BCUT2D eigenvalue weighted by Gasteiger charge is -2.06. The highest BCUT2D eigenvalue weighted by Gasteiger charge is 2.15. The fourth-order valence-electron chi connectivity index (χ4n) is 2.36. The van der Waals surface area contributed by atoms with E-state index in [1.54, 1.807) is 24.3 Å². The molecule has 0 N–H and O–H groups in total. The Morgan fingerprint density at radius 2 is 0.895 bits per heavy atom. The SMILES string of the molecule is CCCOc1ccc(C(=O)OOOC(=O)OCCOC(=O)OOOC(=O)c2ccc(OCCC)cc2)cc1. The van der Waals surface area contributed by atoms with Crippen LogP contribution in [-0.2, 0) is 39.1 Å². The van der Waals surface area contributed by atoms with E-state index in [2.05, 4.69) is 39.1 Å². The maximum absolute atomic E-state index is 11.8. The van der Waals surface area contributed by atoms with Crippen LogP contribution in [0.2, 0.25) is 0 Å². The second-order valence-electron chi connectivity index (χ2n) is 6.99. The summed E-state index contributed by atoms with van der Waals surface area (Å²) in [6, 6.07) is 11.9. The Labute approximate surface area is 216 Å². The zero-order valence-corrected chi connectivity index (χ0v) is 20.6. The van der Waals surface area contributed by atoms with Crippen LogP contribution in [-0.4, -0.2) is 50.7 Å². The summed E-state index contributed by atoms with van der Waals surface area (Å²) in [7, 11) is 0. The van der Waals surface area contributed by atoms with Crippen molar-refractivity contribution in [3.05, 3.63) is 59.7 Å². The summed E-state index contributed by atoms with van der Waals surface area (Å²) < 4.78 is 19.8. The topological polar surface area (TPSA) is 161 Å². The third-order valence-electron chi connectivity index (χ3n) is 4.07. The second kappa shape index (κ2) is 17.0. The Balaban J connectivity index is 1.52. The molecule has 0 amide bonds. The van der Waals surface area contributed by atoms with E-state index in [4.69, 9.17) is 9.47 Å². The van der Waals surface area contributed by atoms with E-state index < -0.39 is 37.5 Å². The van der Waals surface area contributed by atoms with E-state index in [9.17, 15) is 19.2 Å². The predicted octanol–water partition coefficient (Wildman–Crippen LogP) is 4.28. The monoisotopic (exact) mass is 538 g/mol. The van der Waals surface area contributed by atoms with E-state index >= 15 is 0 Å². The van der Waals surface area contributed by atoms with Crippen molar-refractivity contribution in [3.63, 3.8) is 0 Å². The molecule has 0 saturated heterocycles. The average molecular weight is 538 g/mol. The smallest absolute Gasteiger partial charge is 0.494 e. The molecule has 2 aromatic rings. The molecule has 0 radical (unpaired) electrons. The zero-order chi connectivity index (χ0) is 27.6. The fourth-order valence-corrected chi connectivity index (χ4v) is 2.36. The van der Waals surface area contributed by atoms with Crippen molar-refractivity contribution < 1.29 is 67.8 Å². The van der Waals surface area contributed by atoms with E-state index in [0.29, 0.717) is 24.7 Å². The molecule has 0 unspecified atom stereocenters. The van der Waals surface area contributed by atoms with Gasteiger partial charge in [-0.1, -0.05) is 13.8 Å². The standard InChI is InChI=1S/C24H26O14/c1-3-13-29-19-9-5-17(6-10-19)21(25)33-37-35-23(27)31-15-16-32-24(28)36-38-34-22(26)18-7-11-20(12-8-18)30-14-4-2/h5-12H,3-4,13-16H2,1-2H3. The van der Waals surface area contributed by atoms with Gasteiger partial charge in [-0.2, -0.15) is 0 Å². The normalized spacial score (nSPS) is 10.1. The third kappa shape index (κ3) is 11.5. The quantitative estimate of drug-likeness (QED) is 0.137. The number of ether oxygens (including phenoxy) is 4. The van der Waals surface area contributed by atoms with Gasteiger partial charge in [-0.3, -0.25) is 9.78 Å². The van der Waals surface area contributed by atoms with Crippen LogP contribution >= 0.6 is 0 Å². The van der Waals surface area contributed by atoms with Crippen LogP contribution in [0.1, 0.15) is 47.4 Å². The minimum atomic E-state index is -1.39. The van der Waals surface area contributed by atoms with E-state index in [1.165, 1.54) is 24.3 Å². The van der Waals surface area contributed by atoms with Gasteiger partial charge < -0.3 is 18.9 Å². The van der Waals surface area contributed by atoms with Gasteiger partial charge in [0.25, 0.3) is 0 Å². The third-order valence-corrected chi connectivity index (χ3v) is 4.07. The van der Waals surface area contributed by atoms with Crippen LogP contribution < -0.4 is 9.47 Å². The number of benzene rings is 2. The maximum Gasteiger partial charge on any atom is 0.543 e. The minimum absolute atomic E-state index is 0.112. The van der Waals surface area contributed by atoms with E-state index in [-0.39, 0.29) is 11.1 Å². The zero-order valence-electron chi connectivity index (χ0n) is 20.6. The maximum atomic E-state index is 11.8. The summed E-state index contributed by atoms with van der Waals surface area (Å²) in [5.74, 6) is -0.738. The lowest BCUT2D eigenvalue weighted by atomic mass is 10.2. The first-order chi connectivity index (χ1) is 18.4. The summed E-state index contributed by atoms with van der Waals surface area (Å²) in [6.45, 7) is 4.00. The van der Waals surface area contributed by atoms with Crippen molar-refractivity contribution in [2.75, 3.05) is 26.4 Å². The van der Waals surface area contributed by atoms with Gasteiger partial charge in [-0.25, -0.2) is 29.0 Å². The van der Waals surface area contributed by atoms with Crippen molar-refractivity contribution in [2.45, 2.75) is 26.7 Å². The number of carbonyl (C=O) groups is 4. The molecule has 0 saturated carbocycles. The van der Waals surface area contributed by atoms with Gasteiger partial charge >= 0.3 is 24.2 Å². The van der Waals surface area contributed by atoms with Crippen LogP contribution in [0.5, 0.6) is 11.5 Å². The summed E-state index contributed by atoms with van der Waals surface area (Å²) in [4.78, 5) is 63.1. The first kappa shape index (κ1) is 29.7. The second-order valence-corrected chi connectivity index (χ2v) is 6.99. The molecule has 0 bridgehead atoms. The molecule has 0 aromatic heterocycles. The largest absolute Gasteiger partial charge is 0.543 e. The van der Waals surface area contributed by atoms with Crippen LogP contribution in [0.25, 0.3) is 0 Å². The van der Waals surface area contributed by atoms with Crippen molar-refractivity contribution in [3.8, 4) is 11.5 Å². The van der Waals surface area contributed by atoms with E-state index in [0.717, 1.165) is 12.8 Å². The van der Waals surface area contributed by atoms with Crippen LogP contribution in [0.3, 0.4) is 0 Å². The van der Waals surface area contributed by atoms with Crippen molar-refractivity contribution in [1.29, 1.82) is 0 Å². The van der Waals surface area contributed by atoms with Crippen LogP contribution in [0.4, 0.5) is 9.59 Å². The van der Waals surface area contributed by atoms with Crippen molar-refractivity contribution in [1.82, 2.24) is 0 Å². The van der Waals surface area contributed by atoms with Gasteiger partial charge in [0.15, 0.2) is 0 Å². The van der Waals surface area contributed by atoms with Crippen molar-refractivity contribution >= 4 is 24.2 Å². The Kier molecular flexibility index (Phi) is 13.3. The van der Waals surface area contributed by atoms with E-state index in [1.807, 2.05) is 13.8 Å². The number of hydrogen-bond acceptors (Lipinski definition) is 14. The lowest BCUT2D eigenvalue weighted by molar-refractivity contribution is -0.453. The first-order valence-electron chi connectivity index (χ1n) is 11.3. The molecule has 0 fully saturated rings. The molecule has 0 heterocycles. The van der Waals surface area contributed by atoms with Gasteiger partial charge in [0.05, 0.1) is 34.4 Å². The van der Waals surface area contributed by atoms with Gasteiger partial charge in [-0.15, -0.1) is 0 Å². The molecule has 38 heavy (non-hydrogen) atoms. The molecule has 0 aliphatic heterocycles. The molecular weight excluding hydrogens is 512 g/mol. The Morgan fingerprint density at radius 1 is 0.526 bits per heavy atom. The molecule has 206 valence electrons. The van der Waals surface area contributed by atoms with Crippen LogP contribution in [0.15, 0.2) is 48.5 Å². The minimum Gasteiger partial charge on any atom is -0.494 e. The molecule has 2 aromatic carbocycles. The molecule has 0 aliphatic carbocycles. The van der Waals surface area contributed by atoms with Crippen molar-refractivity contribution in [2.24, 2.45) is 0 Å². The van der Waals surface area contributed by atoms with Crippen LogP contribution in [0, 0.1) is 0 Å². The summed E-state index contributed by atoms with van der Waals surface area (Å²) in [5.41, 5.74) is 0.223. The highest BCUT2D eigenvalue weighted by atomic mass is 17.5. The van der Waals surface area contributed by atoms with Gasteiger partial charge in [0.1, 0.15) is 24.7 Å². The Hall–Kier alpha value is -4.56. The molecule has 2 rings (SSSR count). The molecular formula is C24H26O14. The summed E-state index contributed by atoms with van der Waals surface area (Å²) >= 11 is 0. The molecule has 0 atom stereocenters. The average Bonchev–Trinajstić information content (AvgIpc) is 2.93. The Morgan fingerprint density at radius 3 is 1.24 bits per heavy atom. The number of carbonyl (C=O) groups excluding carboxylic acids is 4. The molecule has 0 spiro atoms. The van der Waals surface area contributed by atoms with Gasteiger partial charge in [-0.05, 0) is 61.4 Å². The van der Waals surface area contributed by atoms with Gasteiger partial charge in [0.2, 0.25) is 0 Å². The predicted molar refractivity (Wildman–Crippen MR) is 122 cm³/mol. The Bertz CT molecular complexity index is 936. The molecule has 0 aliphatic rings. The number of rotatable bonds is 15. The fraction of sp³-hybridized carbons (Fsp3) is 0.333. The highest BCUT2D eigenvalue weighted by Crippen LogP contribution is 2.14. The lowest BCUT2D eigenvalue weighted by Crippen LogP contribution is -2.17.